The van der Waals surface area contributed by atoms with Gasteiger partial charge in [0.15, 0.2) is 11.5 Å². The maximum absolute atomic E-state index is 6.00. The molecule has 21 heavy (non-hydrogen) atoms. The summed E-state index contributed by atoms with van der Waals surface area (Å²) in [6.07, 6.45) is 3.50. The van der Waals surface area contributed by atoms with E-state index in [1.807, 2.05) is 7.05 Å². The van der Waals surface area contributed by atoms with Crippen LogP contribution in [0.5, 0.6) is 11.5 Å². The standard InChI is InChI=1S/C17H26N2O2/c1-18-13-10-15-14(12-6-8-19(2)9-7-12)4-5-16(20-3)17(15)21-11-13/h4-5,12-13,18H,6-11H2,1-3H3/t13-/m1/s1. The Hall–Kier alpha value is -1.26. The highest BCUT2D eigenvalue weighted by Crippen LogP contribution is 2.41. The molecule has 0 bridgehead atoms. The molecule has 1 saturated heterocycles. The second-order valence-corrected chi connectivity index (χ2v) is 6.24. The fourth-order valence-electron chi connectivity index (χ4n) is 3.53. The molecule has 0 radical (unpaired) electrons. The Labute approximate surface area is 127 Å². The van der Waals surface area contributed by atoms with Gasteiger partial charge in [-0.2, -0.15) is 0 Å². The molecule has 0 aliphatic carbocycles. The summed E-state index contributed by atoms with van der Waals surface area (Å²) in [7, 11) is 5.94. The van der Waals surface area contributed by atoms with Crippen molar-refractivity contribution >= 4 is 0 Å². The van der Waals surface area contributed by atoms with Crippen LogP contribution in [0.3, 0.4) is 0 Å². The molecular formula is C17H26N2O2. The number of nitrogens with zero attached hydrogens (tertiary/aromatic N) is 1. The maximum atomic E-state index is 6.00. The van der Waals surface area contributed by atoms with Crippen molar-refractivity contribution in [2.24, 2.45) is 0 Å². The van der Waals surface area contributed by atoms with Crippen molar-refractivity contribution in [3.63, 3.8) is 0 Å². The lowest BCUT2D eigenvalue weighted by molar-refractivity contribution is 0.227. The first kappa shape index (κ1) is 14.7. The first-order valence-electron chi connectivity index (χ1n) is 7.91. The second kappa shape index (κ2) is 6.24. The van der Waals surface area contributed by atoms with E-state index >= 15 is 0 Å². The third-order valence-corrected chi connectivity index (χ3v) is 4.93. The third kappa shape index (κ3) is 2.87. The number of hydrogen-bond acceptors (Lipinski definition) is 4. The fraction of sp³-hybridized carbons (Fsp3) is 0.647. The highest BCUT2D eigenvalue weighted by atomic mass is 16.5. The van der Waals surface area contributed by atoms with Crippen LogP contribution in [0.2, 0.25) is 0 Å². The predicted octanol–water partition coefficient (Wildman–Crippen LogP) is 2.03. The Morgan fingerprint density at radius 2 is 2.05 bits per heavy atom. The quantitative estimate of drug-likeness (QED) is 0.923. The first-order chi connectivity index (χ1) is 10.2. The van der Waals surface area contributed by atoms with E-state index in [0.29, 0.717) is 12.0 Å². The van der Waals surface area contributed by atoms with Crippen LogP contribution in [-0.2, 0) is 6.42 Å². The fourth-order valence-corrected chi connectivity index (χ4v) is 3.53. The number of likely N-dealkylation sites (tertiary alicyclic amines) is 1. The maximum Gasteiger partial charge on any atom is 0.164 e. The van der Waals surface area contributed by atoms with E-state index in [-0.39, 0.29) is 0 Å². The van der Waals surface area contributed by atoms with Crippen LogP contribution in [0.25, 0.3) is 0 Å². The first-order valence-corrected chi connectivity index (χ1v) is 7.91. The summed E-state index contributed by atoms with van der Waals surface area (Å²) in [6.45, 7) is 3.08. The average Bonchev–Trinajstić information content (AvgIpc) is 2.54. The van der Waals surface area contributed by atoms with Crippen LogP contribution in [-0.4, -0.2) is 51.8 Å². The van der Waals surface area contributed by atoms with E-state index in [1.165, 1.54) is 37.1 Å². The molecule has 2 heterocycles. The summed E-state index contributed by atoms with van der Waals surface area (Å²) in [4.78, 5) is 2.42. The summed E-state index contributed by atoms with van der Waals surface area (Å²) in [5, 5.41) is 3.35. The minimum absolute atomic E-state index is 0.398. The van der Waals surface area contributed by atoms with E-state index in [2.05, 4.69) is 29.4 Å². The number of nitrogens with one attached hydrogen (secondary N) is 1. The van der Waals surface area contributed by atoms with E-state index in [4.69, 9.17) is 9.47 Å². The molecule has 1 N–H and O–H groups in total. The Kier molecular flexibility index (Phi) is 4.36. The molecule has 4 nitrogen and oxygen atoms in total. The molecule has 116 valence electrons. The third-order valence-electron chi connectivity index (χ3n) is 4.93. The van der Waals surface area contributed by atoms with Crippen molar-refractivity contribution in [2.45, 2.75) is 31.2 Å². The van der Waals surface area contributed by atoms with Gasteiger partial charge in [0.2, 0.25) is 0 Å². The number of benzene rings is 1. The highest BCUT2D eigenvalue weighted by Gasteiger charge is 2.28. The minimum atomic E-state index is 0.398. The highest BCUT2D eigenvalue weighted by molar-refractivity contribution is 5.53. The molecule has 0 aromatic heterocycles. The normalized spacial score (nSPS) is 23.5. The molecule has 3 rings (SSSR count). The molecule has 0 unspecified atom stereocenters. The van der Waals surface area contributed by atoms with Crippen molar-refractivity contribution in [1.82, 2.24) is 10.2 Å². The molecule has 1 aromatic rings. The van der Waals surface area contributed by atoms with Crippen LogP contribution in [0.15, 0.2) is 12.1 Å². The number of likely N-dealkylation sites (N-methyl/N-ethyl adjacent to an activating group) is 1. The number of rotatable bonds is 3. The SMILES string of the molecule is CN[C@H]1COc2c(OC)ccc(C3CCN(C)CC3)c2C1. The number of hydrogen-bond donors (Lipinski definition) is 1. The number of piperidine rings is 1. The van der Waals surface area contributed by atoms with Crippen molar-refractivity contribution in [3.05, 3.63) is 23.3 Å². The molecule has 2 aliphatic heterocycles. The van der Waals surface area contributed by atoms with Gasteiger partial charge in [-0.25, -0.2) is 0 Å². The van der Waals surface area contributed by atoms with Gasteiger partial charge in [0.25, 0.3) is 0 Å². The van der Waals surface area contributed by atoms with Gasteiger partial charge in [0.1, 0.15) is 6.61 Å². The van der Waals surface area contributed by atoms with Gasteiger partial charge < -0.3 is 19.7 Å². The summed E-state index contributed by atoms with van der Waals surface area (Å²) < 4.78 is 11.5. The Balaban J connectivity index is 1.93. The molecule has 1 atom stereocenters. The number of methoxy groups -OCH3 is 1. The Morgan fingerprint density at radius 3 is 2.71 bits per heavy atom. The number of ether oxygens (including phenoxy) is 2. The van der Waals surface area contributed by atoms with Crippen LogP contribution in [0, 0.1) is 0 Å². The lowest BCUT2D eigenvalue weighted by Crippen LogP contribution is -2.38. The van der Waals surface area contributed by atoms with Gasteiger partial charge in [0.05, 0.1) is 7.11 Å². The van der Waals surface area contributed by atoms with Crippen LogP contribution >= 0.6 is 0 Å². The van der Waals surface area contributed by atoms with Gasteiger partial charge in [-0.15, -0.1) is 0 Å². The minimum Gasteiger partial charge on any atom is -0.493 e. The van der Waals surface area contributed by atoms with E-state index in [1.54, 1.807) is 7.11 Å². The van der Waals surface area contributed by atoms with Gasteiger partial charge in [-0.3, -0.25) is 0 Å². The summed E-state index contributed by atoms with van der Waals surface area (Å²) in [5.41, 5.74) is 2.83. The second-order valence-electron chi connectivity index (χ2n) is 6.24. The molecule has 0 saturated carbocycles. The zero-order valence-corrected chi connectivity index (χ0v) is 13.3. The zero-order chi connectivity index (χ0) is 14.8. The van der Waals surface area contributed by atoms with Crippen molar-refractivity contribution in [2.75, 3.05) is 40.9 Å². The summed E-state index contributed by atoms with van der Waals surface area (Å²) >= 11 is 0. The smallest absolute Gasteiger partial charge is 0.164 e. The lowest BCUT2D eigenvalue weighted by Gasteiger charge is -2.34. The molecule has 1 fully saturated rings. The zero-order valence-electron chi connectivity index (χ0n) is 13.3. The molecule has 4 heteroatoms. The largest absolute Gasteiger partial charge is 0.493 e. The Bertz CT molecular complexity index is 496. The van der Waals surface area contributed by atoms with Gasteiger partial charge in [-0.05, 0) is 64.0 Å². The summed E-state index contributed by atoms with van der Waals surface area (Å²) in [5.74, 6) is 2.50. The molecule has 2 aliphatic rings. The van der Waals surface area contributed by atoms with Crippen LogP contribution in [0.1, 0.15) is 29.9 Å². The molecule has 0 amide bonds. The van der Waals surface area contributed by atoms with E-state index in [9.17, 15) is 0 Å². The van der Waals surface area contributed by atoms with Crippen LogP contribution in [0.4, 0.5) is 0 Å². The van der Waals surface area contributed by atoms with E-state index < -0.39 is 0 Å². The topological polar surface area (TPSA) is 33.7 Å². The summed E-state index contributed by atoms with van der Waals surface area (Å²) in [6, 6.07) is 4.73. The monoisotopic (exact) mass is 290 g/mol. The van der Waals surface area contributed by atoms with Gasteiger partial charge in [-0.1, -0.05) is 6.07 Å². The predicted molar refractivity (Wildman–Crippen MR) is 84.5 cm³/mol. The Morgan fingerprint density at radius 1 is 1.29 bits per heavy atom. The molecule has 0 spiro atoms. The van der Waals surface area contributed by atoms with Gasteiger partial charge >= 0.3 is 0 Å². The number of fused-ring (bicyclic) bond motifs is 1. The van der Waals surface area contributed by atoms with Gasteiger partial charge in [0, 0.05) is 11.6 Å². The molecule has 1 aromatic carbocycles. The van der Waals surface area contributed by atoms with Crippen molar-refractivity contribution in [1.29, 1.82) is 0 Å². The van der Waals surface area contributed by atoms with Crippen LogP contribution < -0.4 is 14.8 Å². The van der Waals surface area contributed by atoms with E-state index in [0.717, 1.165) is 24.5 Å². The van der Waals surface area contributed by atoms with Crippen molar-refractivity contribution in [3.8, 4) is 11.5 Å². The average molecular weight is 290 g/mol. The lowest BCUT2D eigenvalue weighted by atomic mass is 9.83. The van der Waals surface area contributed by atoms with Crippen molar-refractivity contribution < 1.29 is 9.47 Å². The molecular weight excluding hydrogens is 264 g/mol.